The number of benzene rings is 1. The smallest absolute Gasteiger partial charge is 0.399 e. The zero-order valence-corrected chi connectivity index (χ0v) is 10.1. The molecule has 0 saturated carbocycles. The Labute approximate surface area is 111 Å². The van der Waals surface area contributed by atoms with Crippen LogP contribution in [-0.2, 0) is 6.18 Å². The minimum atomic E-state index is -4.41. The quantitative estimate of drug-likeness (QED) is 0.696. The van der Waals surface area contributed by atoms with Gasteiger partial charge < -0.3 is 5.73 Å². The Morgan fingerprint density at radius 2 is 1.65 bits per heavy atom. The molecule has 0 amide bonds. The van der Waals surface area contributed by atoms with Crippen LogP contribution in [0.25, 0.3) is 17.0 Å². The number of nitrogens with two attached hydrogens (primary N) is 1. The number of hydrogen-bond acceptors (Lipinski definition) is 3. The number of nitrogen functional groups attached to an aromatic ring is 1. The number of fused-ring (bicyclic) bond motifs is 1. The summed E-state index contributed by atoms with van der Waals surface area (Å²) in [5, 5.41) is 7.78. The molecule has 3 aromatic rings. The summed E-state index contributed by atoms with van der Waals surface area (Å²) in [6.45, 7) is 0. The molecule has 0 saturated heterocycles. The topological polar surface area (TPSA) is 56.2 Å². The van der Waals surface area contributed by atoms with E-state index >= 15 is 0 Å². The second-order valence-corrected chi connectivity index (χ2v) is 4.29. The number of aromatic nitrogens is 3. The molecule has 102 valence electrons. The van der Waals surface area contributed by atoms with E-state index in [1.807, 2.05) is 0 Å². The van der Waals surface area contributed by atoms with Crippen molar-refractivity contribution in [3.8, 4) is 11.4 Å². The van der Waals surface area contributed by atoms with E-state index in [4.69, 9.17) is 5.73 Å². The van der Waals surface area contributed by atoms with Crippen molar-refractivity contribution in [1.82, 2.24) is 14.6 Å². The fraction of sp³-hybridized carbons (Fsp3) is 0.0769. The Bertz CT molecular complexity index is 759. The molecule has 0 atom stereocenters. The SMILES string of the molecule is Nc1ccc(-c2nnc3ccc(C(F)(F)F)cn23)cc1. The fourth-order valence-corrected chi connectivity index (χ4v) is 1.89. The Balaban J connectivity index is 2.19. The minimum absolute atomic E-state index is 0.339. The van der Waals surface area contributed by atoms with Crippen LogP contribution in [0.5, 0.6) is 0 Å². The summed E-state index contributed by atoms with van der Waals surface area (Å²) in [5.41, 5.74) is 6.40. The zero-order chi connectivity index (χ0) is 14.3. The van der Waals surface area contributed by atoms with Gasteiger partial charge in [0, 0.05) is 17.4 Å². The van der Waals surface area contributed by atoms with Gasteiger partial charge in [-0.05, 0) is 36.4 Å². The van der Waals surface area contributed by atoms with Crippen molar-refractivity contribution in [2.45, 2.75) is 6.18 Å². The number of alkyl halides is 3. The van der Waals surface area contributed by atoms with Crippen LogP contribution in [-0.4, -0.2) is 14.6 Å². The lowest BCUT2D eigenvalue weighted by Crippen LogP contribution is -2.06. The summed E-state index contributed by atoms with van der Waals surface area (Å²) < 4.78 is 39.5. The Kier molecular flexibility index (Phi) is 2.63. The van der Waals surface area contributed by atoms with Crippen molar-refractivity contribution in [1.29, 1.82) is 0 Å². The molecule has 0 spiro atoms. The van der Waals surface area contributed by atoms with Crippen LogP contribution >= 0.6 is 0 Å². The molecular weight excluding hydrogens is 269 g/mol. The molecule has 0 aliphatic rings. The van der Waals surface area contributed by atoms with E-state index in [-0.39, 0.29) is 0 Å². The average molecular weight is 278 g/mol. The molecule has 0 aliphatic heterocycles. The van der Waals surface area contributed by atoms with Gasteiger partial charge in [-0.15, -0.1) is 10.2 Å². The van der Waals surface area contributed by atoms with Gasteiger partial charge in [0.1, 0.15) is 0 Å². The van der Waals surface area contributed by atoms with E-state index in [2.05, 4.69) is 10.2 Å². The summed E-state index contributed by atoms with van der Waals surface area (Å²) >= 11 is 0. The Morgan fingerprint density at radius 1 is 0.950 bits per heavy atom. The van der Waals surface area contributed by atoms with E-state index in [1.54, 1.807) is 24.3 Å². The lowest BCUT2D eigenvalue weighted by molar-refractivity contribution is -0.137. The molecular formula is C13H9F3N4. The first-order valence-corrected chi connectivity index (χ1v) is 5.73. The summed E-state index contributed by atoms with van der Waals surface area (Å²) in [4.78, 5) is 0. The lowest BCUT2D eigenvalue weighted by Gasteiger charge is -2.07. The Hall–Kier alpha value is -2.57. The molecule has 0 radical (unpaired) electrons. The normalized spacial score (nSPS) is 11.9. The van der Waals surface area contributed by atoms with Gasteiger partial charge in [-0.3, -0.25) is 4.40 Å². The van der Waals surface area contributed by atoms with E-state index in [9.17, 15) is 13.2 Å². The van der Waals surface area contributed by atoms with Crippen LogP contribution in [0.15, 0.2) is 42.6 Å². The van der Waals surface area contributed by atoms with Crippen LogP contribution in [0.1, 0.15) is 5.56 Å². The zero-order valence-electron chi connectivity index (χ0n) is 10.1. The van der Waals surface area contributed by atoms with E-state index < -0.39 is 11.7 Å². The first kappa shape index (κ1) is 12.5. The highest BCUT2D eigenvalue weighted by atomic mass is 19.4. The molecule has 2 heterocycles. The molecule has 20 heavy (non-hydrogen) atoms. The predicted octanol–water partition coefficient (Wildman–Crippen LogP) is 3.00. The van der Waals surface area contributed by atoms with Crippen LogP contribution < -0.4 is 5.73 Å². The van der Waals surface area contributed by atoms with E-state index in [1.165, 1.54) is 10.5 Å². The Morgan fingerprint density at radius 3 is 2.30 bits per heavy atom. The predicted molar refractivity (Wildman–Crippen MR) is 67.8 cm³/mol. The van der Waals surface area contributed by atoms with Crippen molar-refractivity contribution in [2.75, 3.05) is 5.73 Å². The maximum absolute atomic E-state index is 12.7. The van der Waals surface area contributed by atoms with Crippen LogP contribution in [0.3, 0.4) is 0 Å². The fourth-order valence-electron chi connectivity index (χ4n) is 1.89. The highest BCUT2D eigenvalue weighted by molar-refractivity contribution is 5.62. The summed E-state index contributed by atoms with van der Waals surface area (Å²) in [7, 11) is 0. The van der Waals surface area contributed by atoms with Crippen LogP contribution in [0, 0.1) is 0 Å². The number of pyridine rings is 1. The largest absolute Gasteiger partial charge is 0.417 e. The number of anilines is 1. The second-order valence-electron chi connectivity index (χ2n) is 4.29. The monoisotopic (exact) mass is 278 g/mol. The highest BCUT2D eigenvalue weighted by Crippen LogP contribution is 2.30. The summed E-state index contributed by atoms with van der Waals surface area (Å²) in [6, 6.07) is 8.96. The molecule has 0 unspecified atom stereocenters. The van der Waals surface area contributed by atoms with Crippen molar-refractivity contribution in [3.05, 3.63) is 48.2 Å². The van der Waals surface area contributed by atoms with Crippen molar-refractivity contribution in [2.24, 2.45) is 0 Å². The lowest BCUT2D eigenvalue weighted by atomic mass is 10.2. The van der Waals surface area contributed by atoms with Gasteiger partial charge in [0.2, 0.25) is 0 Å². The van der Waals surface area contributed by atoms with Gasteiger partial charge in [0.25, 0.3) is 0 Å². The van der Waals surface area contributed by atoms with Gasteiger partial charge >= 0.3 is 6.18 Å². The first-order valence-electron chi connectivity index (χ1n) is 5.73. The van der Waals surface area contributed by atoms with Crippen LogP contribution in [0.4, 0.5) is 18.9 Å². The standard InChI is InChI=1S/C13H9F3N4/c14-13(15,16)9-3-6-11-18-19-12(20(11)7-9)8-1-4-10(17)5-2-8/h1-7H,17H2. The van der Waals surface area contributed by atoms with Gasteiger partial charge in [-0.25, -0.2) is 0 Å². The molecule has 0 bridgehead atoms. The number of rotatable bonds is 1. The number of hydrogen-bond donors (Lipinski definition) is 1. The van der Waals surface area contributed by atoms with Crippen molar-refractivity contribution in [3.63, 3.8) is 0 Å². The first-order chi connectivity index (χ1) is 9.45. The third-order valence-corrected chi connectivity index (χ3v) is 2.90. The highest BCUT2D eigenvalue weighted by Gasteiger charge is 2.31. The molecule has 2 N–H and O–H groups in total. The van der Waals surface area contributed by atoms with Gasteiger partial charge in [-0.2, -0.15) is 13.2 Å². The summed E-state index contributed by atoms with van der Waals surface area (Å²) in [5.74, 6) is 0.339. The molecule has 4 nitrogen and oxygen atoms in total. The summed E-state index contributed by atoms with van der Waals surface area (Å²) in [6.07, 6.45) is -3.42. The average Bonchev–Trinajstić information content (AvgIpc) is 2.81. The van der Waals surface area contributed by atoms with Crippen molar-refractivity contribution >= 4 is 11.3 Å². The molecule has 1 aromatic carbocycles. The number of halogens is 3. The second kappa shape index (κ2) is 4.22. The molecule has 3 rings (SSSR count). The van der Waals surface area contributed by atoms with Crippen LogP contribution in [0.2, 0.25) is 0 Å². The molecule has 2 aromatic heterocycles. The van der Waals surface area contributed by atoms with E-state index in [0.717, 1.165) is 12.3 Å². The molecule has 7 heteroatoms. The van der Waals surface area contributed by atoms with Gasteiger partial charge in [0.15, 0.2) is 11.5 Å². The minimum Gasteiger partial charge on any atom is -0.399 e. The molecule has 0 aliphatic carbocycles. The maximum atomic E-state index is 12.7. The molecule has 0 fully saturated rings. The van der Waals surface area contributed by atoms with Gasteiger partial charge in [-0.1, -0.05) is 0 Å². The number of nitrogens with zero attached hydrogens (tertiary/aromatic N) is 3. The van der Waals surface area contributed by atoms with Crippen molar-refractivity contribution < 1.29 is 13.2 Å². The van der Waals surface area contributed by atoms with E-state index in [0.29, 0.717) is 22.7 Å². The third kappa shape index (κ3) is 2.07. The van der Waals surface area contributed by atoms with Gasteiger partial charge in [0.05, 0.1) is 5.56 Å². The maximum Gasteiger partial charge on any atom is 0.417 e. The third-order valence-electron chi connectivity index (χ3n) is 2.90.